The molecule has 0 bridgehead atoms. The SMILES string of the molecule is CCCc1ccc2cc(CC)[s+](C(F)(F)F)c2c1.[Br-]. The van der Waals surface area contributed by atoms with E-state index in [1.54, 1.807) is 19.1 Å². The van der Waals surface area contributed by atoms with Crippen molar-refractivity contribution in [1.82, 2.24) is 0 Å². The molecule has 0 radical (unpaired) electrons. The first-order chi connectivity index (χ1) is 8.47. The Kier molecular flexibility index (Phi) is 5.44. The van der Waals surface area contributed by atoms with Gasteiger partial charge in [0.15, 0.2) is 9.58 Å². The molecule has 106 valence electrons. The van der Waals surface area contributed by atoms with Crippen molar-refractivity contribution in [3.63, 3.8) is 0 Å². The third-order valence-electron chi connectivity index (χ3n) is 3.00. The summed E-state index contributed by atoms with van der Waals surface area (Å²) >= 11 is 0. The second-order valence-corrected chi connectivity index (χ2v) is 6.38. The Morgan fingerprint density at radius 2 is 1.79 bits per heavy atom. The molecule has 0 aliphatic carbocycles. The highest BCUT2D eigenvalue weighted by Gasteiger charge is 2.47. The van der Waals surface area contributed by atoms with Crippen molar-refractivity contribution in [1.29, 1.82) is 0 Å². The van der Waals surface area contributed by atoms with E-state index in [-0.39, 0.29) is 17.0 Å². The number of halogens is 4. The quantitative estimate of drug-likeness (QED) is 0.745. The van der Waals surface area contributed by atoms with E-state index >= 15 is 0 Å². The minimum atomic E-state index is -4.15. The molecule has 0 saturated heterocycles. The lowest BCUT2D eigenvalue weighted by atomic mass is 10.1. The van der Waals surface area contributed by atoms with Crippen molar-refractivity contribution in [2.75, 3.05) is 0 Å². The van der Waals surface area contributed by atoms with Crippen molar-refractivity contribution in [3.05, 3.63) is 34.7 Å². The van der Waals surface area contributed by atoms with Gasteiger partial charge in [0.1, 0.15) is 0 Å². The first-order valence-electron chi connectivity index (χ1n) is 6.12. The monoisotopic (exact) mass is 352 g/mol. The zero-order valence-electron chi connectivity index (χ0n) is 10.9. The molecule has 1 atom stereocenters. The van der Waals surface area contributed by atoms with Crippen LogP contribution in [0.5, 0.6) is 0 Å². The summed E-state index contributed by atoms with van der Waals surface area (Å²) in [5.74, 6) is 0. The van der Waals surface area contributed by atoms with Crippen molar-refractivity contribution >= 4 is 20.6 Å². The van der Waals surface area contributed by atoms with Crippen molar-refractivity contribution in [2.24, 2.45) is 0 Å². The van der Waals surface area contributed by atoms with Gasteiger partial charge in [0, 0.05) is 23.9 Å². The van der Waals surface area contributed by atoms with Crippen LogP contribution in [0, 0.1) is 0 Å². The van der Waals surface area contributed by atoms with Crippen molar-refractivity contribution in [2.45, 2.75) is 38.6 Å². The molecule has 0 spiro atoms. The Balaban J connectivity index is 0.00000180. The van der Waals surface area contributed by atoms with Crippen LogP contribution in [0.4, 0.5) is 13.2 Å². The first kappa shape index (κ1) is 16.5. The van der Waals surface area contributed by atoms with E-state index in [2.05, 4.69) is 0 Å². The Labute approximate surface area is 124 Å². The number of rotatable bonds is 3. The van der Waals surface area contributed by atoms with Crippen LogP contribution in [0.3, 0.4) is 0 Å². The van der Waals surface area contributed by atoms with E-state index in [1.807, 2.05) is 19.1 Å². The van der Waals surface area contributed by atoms with E-state index in [9.17, 15) is 13.2 Å². The Hall–Kier alpha value is -0.550. The number of hydrogen-bond acceptors (Lipinski definition) is 0. The van der Waals surface area contributed by atoms with Crippen LogP contribution < -0.4 is 17.0 Å². The molecule has 5 heteroatoms. The molecule has 0 aliphatic rings. The zero-order chi connectivity index (χ0) is 13.3. The Bertz CT molecular complexity index is 558. The molecule has 1 heterocycles. The third kappa shape index (κ3) is 3.31. The molecular weight excluding hydrogens is 337 g/mol. The maximum Gasteiger partial charge on any atom is 0.600 e. The summed E-state index contributed by atoms with van der Waals surface area (Å²) in [4.78, 5) is 0.506. The lowest BCUT2D eigenvalue weighted by Crippen LogP contribution is -3.00. The van der Waals surface area contributed by atoms with Gasteiger partial charge >= 0.3 is 5.51 Å². The second-order valence-electron chi connectivity index (χ2n) is 4.34. The molecular formula is C14H16BrF3S. The van der Waals surface area contributed by atoms with Crippen LogP contribution in [0.1, 0.15) is 30.7 Å². The lowest BCUT2D eigenvalue weighted by molar-refractivity contribution is -0.0867. The maximum absolute atomic E-state index is 13.2. The second kappa shape index (κ2) is 6.27. The molecule has 0 N–H and O–H groups in total. The molecule has 0 fully saturated rings. The molecule has 2 aromatic rings. The fraction of sp³-hybridized carbons (Fsp3) is 0.429. The van der Waals surface area contributed by atoms with Gasteiger partial charge in [0.25, 0.3) is 0 Å². The van der Waals surface area contributed by atoms with Crippen LogP contribution in [-0.4, -0.2) is 0 Å². The zero-order valence-corrected chi connectivity index (χ0v) is 13.3. The summed E-state index contributed by atoms with van der Waals surface area (Å²) in [5, 5.41) is 0.743. The fourth-order valence-corrected chi connectivity index (χ4v) is 4.21. The molecule has 0 nitrogen and oxygen atoms in total. The summed E-state index contributed by atoms with van der Waals surface area (Å²) in [5.41, 5.74) is -3.15. The molecule has 0 saturated carbocycles. The Morgan fingerprint density at radius 1 is 1.11 bits per heavy atom. The van der Waals surface area contributed by atoms with Crippen molar-refractivity contribution < 1.29 is 30.2 Å². The lowest BCUT2D eigenvalue weighted by Gasteiger charge is -2.00. The smallest absolute Gasteiger partial charge is 0.600 e. The summed E-state index contributed by atoms with van der Waals surface area (Å²) < 4.78 is 40.0. The average Bonchev–Trinajstić information content (AvgIpc) is 2.66. The number of alkyl halides is 3. The third-order valence-corrected chi connectivity index (χ3v) is 5.18. The molecule has 0 amide bonds. The van der Waals surface area contributed by atoms with Crippen LogP contribution >= 0.6 is 10.5 Å². The number of thiophene rings is 1. The number of benzene rings is 1. The number of fused-ring (bicyclic) bond motifs is 1. The van der Waals surface area contributed by atoms with E-state index < -0.39 is 16.0 Å². The van der Waals surface area contributed by atoms with Gasteiger partial charge < -0.3 is 17.0 Å². The molecule has 1 unspecified atom stereocenters. The van der Waals surface area contributed by atoms with Gasteiger partial charge in [-0.15, -0.1) is 13.2 Å². The highest BCUT2D eigenvalue weighted by Crippen LogP contribution is 2.51. The summed E-state index contributed by atoms with van der Waals surface area (Å²) in [7, 11) is -1.71. The summed E-state index contributed by atoms with van der Waals surface area (Å²) in [6, 6.07) is 7.22. The van der Waals surface area contributed by atoms with Gasteiger partial charge in [-0.25, -0.2) is 0 Å². The highest BCUT2D eigenvalue weighted by atomic mass is 79.9. The summed E-state index contributed by atoms with van der Waals surface area (Å²) in [6.07, 6.45) is 2.25. The number of hydrogen-bond donors (Lipinski definition) is 0. The van der Waals surface area contributed by atoms with Crippen molar-refractivity contribution in [3.8, 4) is 0 Å². The maximum atomic E-state index is 13.2. The normalized spacial score (nSPS) is 12.6. The van der Waals surface area contributed by atoms with Crippen LogP contribution in [0.25, 0.3) is 10.1 Å². The predicted molar refractivity (Wildman–Crippen MR) is 71.1 cm³/mol. The van der Waals surface area contributed by atoms with Crippen LogP contribution in [0.2, 0.25) is 0 Å². The first-order valence-corrected chi connectivity index (χ1v) is 7.34. The summed E-state index contributed by atoms with van der Waals surface area (Å²) in [6.45, 7) is 3.82. The molecule has 1 aromatic heterocycles. The van der Waals surface area contributed by atoms with Gasteiger partial charge in [-0.05, 0) is 18.1 Å². The topological polar surface area (TPSA) is 0 Å². The van der Waals surface area contributed by atoms with Gasteiger partial charge in [-0.2, -0.15) is 0 Å². The van der Waals surface area contributed by atoms with Crippen LogP contribution in [-0.2, 0) is 18.3 Å². The molecule has 0 aliphatic heterocycles. The Morgan fingerprint density at radius 3 is 2.32 bits per heavy atom. The minimum absolute atomic E-state index is 0. The number of aryl methyl sites for hydroxylation is 2. The van der Waals surface area contributed by atoms with E-state index in [0.29, 0.717) is 16.0 Å². The standard InChI is InChI=1S/C14H16F3S.BrH/c1-3-5-10-6-7-11-9-12(4-2)18(13(11)8-10)14(15,16)17;/h6-9H,3-5H2,1-2H3;1H/q+1;/p-1. The minimum Gasteiger partial charge on any atom is -1.00 e. The molecule has 19 heavy (non-hydrogen) atoms. The van der Waals surface area contributed by atoms with Gasteiger partial charge in [-0.1, -0.05) is 26.3 Å². The van der Waals surface area contributed by atoms with E-state index in [4.69, 9.17) is 0 Å². The van der Waals surface area contributed by atoms with Gasteiger partial charge in [-0.3, -0.25) is 0 Å². The molecule has 1 aromatic carbocycles. The van der Waals surface area contributed by atoms with E-state index in [1.165, 1.54) is 0 Å². The fourth-order valence-electron chi connectivity index (χ4n) is 2.21. The van der Waals surface area contributed by atoms with E-state index in [0.717, 1.165) is 23.8 Å². The van der Waals surface area contributed by atoms with Gasteiger partial charge in [0.05, 0.1) is 10.5 Å². The molecule has 2 rings (SSSR count). The highest BCUT2D eigenvalue weighted by molar-refractivity contribution is 7.38. The largest absolute Gasteiger partial charge is 1.00 e. The van der Waals surface area contributed by atoms with Crippen LogP contribution in [0.15, 0.2) is 24.3 Å². The average molecular weight is 353 g/mol. The predicted octanol–water partition coefficient (Wildman–Crippen LogP) is 2.58. The van der Waals surface area contributed by atoms with Gasteiger partial charge in [0.2, 0.25) is 0 Å².